The summed E-state index contributed by atoms with van der Waals surface area (Å²) in [5.41, 5.74) is 8.60. The summed E-state index contributed by atoms with van der Waals surface area (Å²) in [5.74, 6) is 0. The number of nitrogens with two attached hydrogens (primary N) is 1. The zero-order valence-electron chi connectivity index (χ0n) is 13.6. The van der Waals surface area contributed by atoms with Crippen LogP contribution >= 0.6 is 22.6 Å². The van der Waals surface area contributed by atoms with E-state index in [4.69, 9.17) is 5.73 Å². The molecule has 2 heterocycles. The number of nitrogen functional groups attached to an aromatic ring is 1. The molecule has 0 bridgehead atoms. The Balaban J connectivity index is 0.000000141. The van der Waals surface area contributed by atoms with Gasteiger partial charge in [0, 0.05) is 43.8 Å². The molecule has 0 radical (unpaired) electrons. The predicted octanol–water partition coefficient (Wildman–Crippen LogP) is 5.27. The van der Waals surface area contributed by atoms with Crippen LogP contribution in [0.2, 0.25) is 0 Å². The topological polar surface area (TPSA) is 51.8 Å². The molecule has 2 aromatic carbocycles. The minimum absolute atomic E-state index is 0.799. The lowest BCUT2D eigenvalue weighted by Crippen LogP contribution is -1.86. The van der Waals surface area contributed by atoms with Crippen molar-refractivity contribution in [2.45, 2.75) is 13.8 Å². The fourth-order valence-electron chi connectivity index (χ4n) is 2.65. The van der Waals surface area contributed by atoms with E-state index in [1.165, 1.54) is 19.7 Å². The molecular formula is C20H18IN3. The fourth-order valence-corrected chi connectivity index (χ4v) is 3.16. The van der Waals surface area contributed by atoms with Gasteiger partial charge in [0.15, 0.2) is 0 Å². The molecule has 0 saturated carbocycles. The van der Waals surface area contributed by atoms with E-state index in [0.717, 1.165) is 22.5 Å². The van der Waals surface area contributed by atoms with Gasteiger partial charge in [-0.1, -0.05) is 12.1 Å². The van der Waals surface area contributed by atoms with E-state index < -0.39 is 0 Å². The molecule has 2 aromatic heterocycles. The standard InChI is InChI=1S/C10H8IN.C10H10N2/c2*1-7-10-3-2-9(11)6-8(10)4-5-12-7/h2-6H,1H3;2-6H,11H2,1H3. The third-order valence-electron chi connectivity index (χ3n) is 3.91. The molecule has 0 aliphatic carbocycles. The highest BCUT2D eigenvalue weighted by Gasteiger charge is 1.97. The minimum Gasteiger partial charge on any atom is -0.399 e. The molecule has 3 nitrogen and oxygen atoms in total. The number of halogens is 1. The second kappa shape index (κ2) is 7.13. The van der Waals surface area contributed by atoms with Crippen LogP contribution < -0.4 is 5.73 Å². The third-order valence-corrected chi connectivity index (χ3v) is 4.58. The Hall–Kier alpha value is -2.21. The Bertz CT molecular complexity index is 929. The van der Waals surface area contributed by atoms with Crippen molar-refractivity contribution in [1.82, 2.24) is 9.97 Å². The second-order valence-electron chi connectivity index (χ2n) is 5.64. The van der Waals surface area contributed by atoms with E-state index in [1.807, 2.05) is 50.4 Å². The molecule has 24 heavy (non-hydrogen) atoms. The Labute approximate surface area is 155 Å². The Morgan fingerprint density at radius 2 is 1.29 bits per heavy atom. The zero-order valence-corrected chi connectivity index (χ0v) is 15.8. The van der Waals surface area contributed by atoms with Crippen LogP contribution in [0.4, 0.5) is 5.69 Å². The van der Waals surface area contributed by atoms with Crippen LogP contribution in [0.3, 0.4) is 0 Å². The smallest absolute Gasteiger partial charge is 0.0450 e. The van der Waals surface area contributed by atoms with Crippen LogP contribution in [0.1, 0.15) is 11.4 Å². The van der Waals surface area contributed by atoms with E-state index in [1.54, 1.807) is 6.20 Å². The molecule has 4 aromatic rings. The van der Waals surface area contributed by atoms with Gasteiger partial charge >= 0.3 is 0 Å². The zero-order chi connectivity index (χ0) is 17.1. The van der Waals surface area contributed by atoms with Gasteiger partial charge in [-0.15, -0.1) is 0 Å². The van der Waals surface area contributed by atoms with Gasteiger partial charge in [0.1, 0.15) is 0 Å². The lowest BCUT2D eigenvalue weighted by atomic mass is 10.1. The third kappa shape index (κ3) is 3.64. The first-order valence-corrected chi connectivity index (χ1v) is 8.74. The Morgan fingerprint density at radius 1 is 0.750 bits per heavy atom. The molecule has 0 amide bonds. The van der Waals surface area contributed by atoms with Crippen molar-refractivity contribution in [3.8, 4) is 0 Å². The molecule has 0 aliphatic heterocycles. The van der Waals surface area contributed by atoms with Gasteiger partial charge in [-0.2, -0.15) is 0 Å². The van der Waals surface area contributed by atoms with Gasteiger partial charge in [0.25, 0.3) is 0 Å². The number of aromatic nitrogens is 2. The monoisotopic (exact) mass is 427 g/mol. The van der Waals surface area contributed by atoms with Crippen LogP contribution in [0.5, 0.6) is 0 Å². The Morgan fingerprint density at radius 3 is 1.92 bits per heavy atom. The quantitative estimate of drug-likeness (QED) is 0.307. The molecular weight excluding hydrogens is 409 g/mol. The van der Waals surface area contributed by atoms with E-state index in [-0.39, 0.29) is 0 Å². The van der Waals surface area contributed by atoms with Crippen molar-refractivity contribution in [2.24, 2.45) is 0 Å². The summed E-state index contributed by atoms with van der Waals surface area (Å²) in [6, 6.07) is 16.3. The largest absolute Gasteiger partial charge is 0.399 e. The van der Waals surface area contributed by atoms with E-state index in [9.17, 15) is 0 Å². The lowest BCUT2D eigenvalue weighted by molar-refractivity contribution is 1.24. The van der Waals surface area contributed by atoms with Gasteiger partial charge in [0.05, 0.1) is 0 Å². The van der Waals surface area contributed by atoms with Crippen molar-refractivity contribution < 1.29 is 0 Å². The predicted molar refractivity (Wildman–Crippen MR) is 110 cm³/mol. The molecule has 120 valence electrons. The number of aryl methyl sites for hydroxylation is 2. The molecule has 2 N–H and O–H groups in total. The number of anilines is 1. The Kier molecular flexibility index (Phi) is 4.94. The first-order chi connectivity index (χ1) is 11.5. The molecule has 0 aliphatic rings. The van der Waals surface area contributed by atoms with Crippen molar-refractivity contribution in [3.05, 3.63) is 75.9 Å². The van der Waals surface area contributed by atoms with E-state index >= 15 is 0 Å². The minimum atomic E-state index is 0.799. The number of benzene rings is 2. The SMILES string of the molecule is Cc1nccc2cc(I)ccc12.Cc1nccc2cc(N)ccc12. The summed E-state index contributed by atoms with van der Waals surface area (Å²) in [5, 5.41) is 4.85. The summed E-state index contributed by atoms with van der Waals surface area (Å²) < 4.78 is 1.27. The summed E-state index contributed by atoms with van der Waals surface area (Å²) in [6.07, 6.45) is 3.66. The molecule has 0 saturated heterocycles. The number of pyridine rings is 2. The van der Waals surface area contributed by atoms with Crippen molar-refractivity contribution >= 4 is 49.8 Å². The normalized spacial score (nSPS) is 10.5. The van der Waals surface area contributed by atoms with Crippen molar-refractivity contribution in [2.75, 3.05) is 5.73 Å². The number of fused-ring (bicyclic) bond motifs is 2. The maximum atomic E-state index is 5.65. The van der Waals surface area contributed by atoms with Crippen LogP contribution in [0, 0.1) is 17.4 Å². The van der Waals surface area contributed by atoms with Crippen molar-refractivity contribution in [3.63, 3.8) is 0 Å². The second-order valence-corrected chi connectivity index (χ2v) is 6.88. The highest BCUT2D eigenvalue weighted by molar-refractivity contribution is 14.1. The average Bonchev–Trinajstić information content (AvgIpc) is 2.55. The maximum absolute atomic E-state index is 5.65. The maximum Gasteiger partial charge on any atom is 0.0450 e. The molecule has 0 fully saturated rings. The van der Waals surface area contributed by atoms with Gasteiger partial charge < -0.3 is 5.73 Å². The van der Waals surface area contributed by atoms with Gasteiger partial charge in [0.2, 0.25) is 0 Å². The van der Waals surface area contributed by atoms with Gasteiger partial charge in [-0.05, 0) is 83.6 Å². The fraction of sp³-hybridized carbons (Fsp3) is 0.100. The number of rotatable bonds is 0. The average molecular weight is 427 g/mol. The first-order valence-electron chi connectivity index (χ1n) is 7.66. The number of hydrogen-bond acceptors (Lipinski definition) is 3. The summed E-state index contributed by atoms with van der Waals surface area (Å²) in [7, 11) is 0. The van der Waals surface area contributed by atoms with Crippen LogP contribution in [-0.2, 0) is 0 Å². The first kappa shape index (κ1) is 16.6. The van der Waals surface area contributed by atoms with E-state index in [2.05, 4.69) is 50.8 Å². The van der Waals surface area contributed by atoms with Crippen molar-refractivity contribution in [1.29, 1.82) is 0 Å². The van der Waals surface area contributed by atoms with Gasteiger partial charge in [-0.3, -0.25) is 9.97 Å². The molecule has 0 spiro atoms. The summed E-state index contributed by atoms with van der Waals surface area (Å²) in [4.78, 5) is 8.43. The number of nitrogens with zero attached hydrogens (tertiary/aromatic N) is 2. The highest BCUT2D eigenvalue weighted by atomic mass is 127. The number of hydrogen-bond donors (Lipinski definition) is 1. The van der Waals surface area contributed by atoms with Gasteiger partial charge in [-0.25, -0.2) is 0 Å². The highest BCUT2D eigenvalue weighted by Crippen LogP contribution is 2.19. The van der Waals surface area contributed by atoms with E-state index in [0.29, 0.717) is 0 Å². The molecule has 4 rings (SSSR count). The molecule has 0 unspecified atom stereocenters. The molecule has 0 atom stereocenters. The van der Waals surface area contributed by atoms with Crippen LogP contribution in [-0.4, -0.2) is 9.97 Å². The van der Waals surface area contributed by atoms with Crippen LogP contribution in [0.25, 0.3) is 21.5 Å². The summed E-state index contributed by atoms with van der Waals surface area (Å²) >= 11 is 2.32. The summed E-state index contributed by atoms with van der Waals surface area (Å²) in [6.45, 7) is 4.04. The lowest BCUT2D eigenvalue weighted by Gasteiger charge is -2.00. The van der Waals surface area contributed by atoms with Crippen LogP contribution in [0.15, 0.2) is 60.9 Å². The molecule has 4 heteroatoms.